The molecular weight excluding hydrogens is 204 g/mol. The van der Waals surface area contributed by atoms with E-state index < -0.39 is 0 Å². The van der Waals surface area contributed by atoms with Gasteiger partial charge in [0.25, 0.3) is 0 Å². The molecule has 0 amide bonds. The summed E-state index contributed by atoms with van der Waals surface area (Å²) >= 11 is 2.01. The molecule has 0 aromatic heterocycles. The van der Waals surface area contributed by atoms with E-state index in [9.17, 15) is 0 Å². The van der Waals surface area contributed by atoms with Crippen molar-refractivity contribution >= 4 is 11.8 Å². The minimum Gasteiger partial charge on any atom is -0.318 e. The summed E-state index contributed by atoms with van der Waals surface area (Å²) in [4.78, 5) is 1.47. The van der Waals surface area contributed by atoms with Crippen molar-refractivity contribution in [3.05, 3.63) is 29.8 Å². The first-order chi connectivity index (χ1) is 7.40. The zero-order valence-corrected chi connectivity index (χ0v) is 9.94. The quantitative estimate of drug-likeness (QED) is 0.739. The molecule has 0 aliphatic carbocycles. The van der Waals surface area contributed by atoms with Crippen molar-refractivity contribution in [2.24, 2.45) is 0 Å². The van der Waals surface area contributed by atoms with Crippen LogP contribution in [-0.2, 0) is 6.42 Å². The van der Waals surface area contributed by atoms with E-state index in [2.05, 4.69) is 34.9 Å². The van der Waals surface area contributed by atoms with Crippen molar-refractivity contribution in [1.82, 2.24) is 10.6 Å². The van der Waals surface area contributed by atoms with Crippen LogP contribution in [0.1, 0.15) is 5.56 Å². The van der Waals surface area contributed by atoms with Gasteiger partial charge in [0.05, 0.1) is 0 Å². The molecule has 0 saturated heterocycles. The number of likely N-dealkylation sites (N-methyl/N-ethyl adjacent to an activating group) is 1. The van der Waals surface area contributed by atoms with Crippen molar-refractivity contribution in [1.29, 1.82) is 0 Å². The smallest absolute Gasteiger partial charge is 0.0260 e. The molecular formula is C12H18N2S. The molecule has 0 fully saturated rings. The number of benzene rings is 1. The van der Waals surface area contributed by atoms with E-state index >= 15 is 0 Å². The van der Waals surface area contributed by atoms with Crippen LogP contribution >= 0.6 is 11.8 Å². The summed E-state index contributed by atoms with van der Waals surface area (Å²) < 4.78 is 0. The summed E-state index contributed by atoms with van der Waals surface area (Å²) in [6, 6.07) is 8.74. The number of fused-ring (bicyclic) bond motifs is 1. The summed E-state index contributed by atoms with van der Waals surface area (Å²) in [6.07, 6.45) is 1.22. The van der Waals surface area contributed by atoms with Crippen molar-refractivity contribution in [2.45, 2.75) is 16.6 Å². The van der Waals surface area contributed by atoms with E-state index in [4.69, 9.17) is 0 Å². The number of rotatable bonds is 5. The summed E-state index contributed by atoms with van der Waals surface area (Å²) in [5.74, 6) is 0. The van der Waals surface area contributed by atoms with Crippen molar-refractivity contribution in [2.75, 3.05) is 26.7 Å². The fourth-order valence-corrected chi connectivity index (χ4v) is 3.13. The molecule has 1 atom stereocenters. The lowest BCUT2D eigenvalue weighted by molar-refractivity contribution is 0.635. The van der Waals surface area contributed by atoms with Gasteiger partial charge in [0.1, 0.15) is 0 Å². The van der Waals surface area contributed by atoms with Gasteiger partial charge in [0, 0.05) is 29.8 Å². The molecule has 0 bridgehead atoms. The Kier molecular flexibility index (Phi) is 4.06. The highest BCUT2D eigenvalue weighted by Crippen LogP contribution is 2.36. The van der Waals surface area contributed by atoms with E-state index in [1.54, 1.807) is 0 Å². The first-order valence-electron chi connectivity index (χ1n) is 5.50. The second kappa shape index (κ2) is 5.54. The zero-order chi connectivity index (χ0) is 10.5. The second-order valence-corrected chi connectivity index (χ2v) is 5.20. The van der Waals surface area contributed by atoms with Gasteiger partial charge < -0.3 is 10.6 Å². The van der Waals surface area contributed by atoms with Crippen LogP contribution in [0.2, 0.25) is 0 Å². The largest absolute Gasteiger partial charge is 0.318 e. The van der Waals surface area contributed by atoms with E-state index in [0.29, 0.717) is 0 Å². The van der Waals surface area contributed by atoms with E-state index in [-0.39, 0.29) is 0 Å². The Labute approximate surface area is 95.8 Å². The maximum Gasteiger partial charge on any atom is 0.0260 e. The standard InChI is InChI=1S/C12H18N2S/c1-13-6-7-14-9-11-8-10-4-2-3-5-12(10)15-11/h2-5,11,13-14H,6-9H2,1H3. The third-order valence-corrected chi connectivity index (χ3v) is 3.96. The Bertz CT molecular complexity index is 289. The lowest BCUT2D eigenvalue weighted by atomic mass is 10.1. The average molecular weight is 222 g/mol. The summed E-state index contributed by atoms with van der Waals surface area (Å²) in [5.41, 5.74) is 1.52. The Morgan fingerprint density at radius 3 is 3.00 bits per heavy atom. The van der Waals surface area contributed by atoms with Crippen LogP contribution in [0, 0.1) is 0 Å². The van der Waals surface area contributed by atoms with Crippen LogP contribution in [0.25, 0.3) is 0 Å². The van der Waals surface area contributed by atoms with Gasteiger partial charge in [-0.2, -0.15) is 0 Å². The van der Waals surface area contributed by atoms with Gasteiger partial charge in [-0.1, -0.05) is 18.2 Å². The van der Waals surface area contributed by atoms with Gasteiger partial charge >= 0.3 is 0 Å². The van der Waals surface area contributed by atoms with Crippen molar-refractivity contribution < 1.29 is 0 Å². The second-order valence-electron chi connectivity index (χ2n) is 3.86. The van der Waals surface area contributed by atoms with Gasteiger partial charge in [-0.15, -0.1) is 11.8 Å². The van der Waals surface area contributed by atoms with Crippen LogP contribution < -0.4 is 10.6 Å². The normalized spacial score (nSPS) is 19.1. The number of nitrogens with one attached hydrogen (secondary N) is 2. The number of hydrogen-bond acceptors (Lipinski definition) is 3. The fraction of sp³-hybridized carbons (Fsp3) is 0.500. The minimum atomic E-state index is 0.722. The lowest BCUT2D eigenvalue weighted by Gasteiger charge is -2.09. The predicted molar refractivity (Wildman–Crippen MR) is 66.6 cm³/mol. The highest BCUT2D eigenvalue weighted by molar-refractivity contribution is 8.00. The molecule has 0 saturated carbocycles. The van der Waals surface area contributed by atoms with E-state index in [1.807, 2.05) is 18.8 Å². The van der Waals surface area contributed by atoms with Crippen molar-refractivity contribution in [3.8, 4) is 0 Å². The topological polar surface area (TPSA) is 24.1 Å². The third-order valence-electron chi connectivity index (χ3n) is 2.64. The predicted octanol–water partition coefficient (Wildman–Crippen LogP) is 1.51. The molecule has 0 radical (unpaired) electrons. The molecule has 0 spiro atoms. The maximum absolute atomic E-state index is 3.48. The highest BCUT2D eigenvalue weighted by atomic mass is 32.2. The highest BCUT2D eigenvalue weighted by Gasteiger charge is 2.20. The third kappa shape index (κ3) is 2.97. The zero-order valence-electron chi connectivity index (χ0n) is 9.12. The van der Waals surface area contributed by atoms with E-state index in [1.165, 1.54) is 16.9 Å². The van der Waals surface area contributed by atoms with Gasteiger partial charge in [-0.05, 0) is 25.1 Å². The summed E-state index contributed by atoms with van der Waals surface area (Å²) in [5, 5.41) is 7.34. The van der Waals surface area contributed by atoms with Crippen LogP contribution in [0.5, 0.6) is 0 Å². The first-order valence-corrected chi connectivity index (χ1v) is 6.38. The number of hydrogen-bond donors (Lipinski definition) is 2. The lowest BCUT2D eigenvalue weighted by Crippen LogP contribution is -2.30. The minimum absolute atomic E-state index is 0.722. The monoisotopic (exact) mass is 222 g/mol. The van der Waals surface area contributed by atoms with Crippen LogP contribution in [-0.4, -0.2) is 31.9 Å². The molecule has 1 aromatic carbocycles. The molecule has 15 heavy (non-hydrogen) atoms. The van der Waals surface area contributed by atoms with Crippen molar-refractivity contribution in [3.63, 3.8) is 0 Å². The Balaban J connectivity index is 1.76. The SMILES string of the molecule is CNCCNCC1Cc2ccccc2S1. The Morgan fingerprint density at radius 1 is 1.33 bits per heavy atom. The van der Waals surface area contributed by atoms with Crippen LogP contribution in [0.4, 0.5) is 0 Å². The Morgan fingerprint density at radius 2 is 2.20 bits per heavy atom. The molecule has 2 nitrogen and oxygen atoms in total. The van der Waals surface area contributed by atoms with Gasteiger partial charge in [-0.3, -0.25) is 0 Å². The Hall–Kier alpha value is -0.510. The first kappa shape index (κ1) is 11.0. The van der Waals surface area contributed by atoms with Crippen LogP contribution in [0.15, 0.2) is 29.2 Å². The van der Waals surface area contributed by atoms with Gasteiger partial charge in [-0.25, -0.2) is 0 Å². The maximum atomic E-state index is 3.48. The van der Waals surface area contributed by atoms with E-state index in [0.717, 1.165) is 24.9 Å². The van der Waals surface area contributed by atoms with Gasteiger partial charge in [0.2, 0.25) is 0 Å². The molecule has 1 aliphatic rings. The molecule has 1 aromatic rings. The fourth-order valence-electron chi connectivity index (χ4n) is 1.84. The molecule has 1 heterocycles. The molecule has 2 rings (SSSR count). The molecule has 1 aliphatic heterocycles. The summed E-state index contributed by atoms with van der Waals surface area (Å²) in [7, 11) is 1.99. The molecule has 82 valence electrons. The molecule has 3 heteroatoms. The molecule has 1 unspecified atom stereocenters. The summed E-state index contributed by atoms with van der Waals surface area (Å²) in [6.45, 7) is 3.22. The van der Waals surface area contributed by atoms with Gasteiger partial charge in [0.15, 0.2) is 0 Å². The average Bonchev–Trinajstić information content (AvgIpc) is 2.67. The molecule has 2 N–H and O–H groups in total. The number of thioether (sulfide) groups is 1. The van der Waals surface area contributed by atoms with Crippen LogP contribution in [0.3, 0.4) is 0 Å².